The molecule has 0 aliphatic carbocycles. The van der Waals surface area contributed by atoms with Crippen LogP contribution in [0.25, 0.3) is 11.0 Å². The zero-order valence-corrected chi connectivity index (χ0v) is 14.5. The zero-order valence-electron chi connectivity index (χ0n) is 14.5. The van der Waals surface area contributed by atoms with Gasteiger partial charge in [0.1, 0.15) is 0 Å². The van der Waals surface area contributed by atoms with E-state index in [1.54, 1.807) is 12.3 Å². The zero-order chi connectivity index (χ0) is 17.9. The molecule has 4 rings (SSSR count). The fraction of sp³-hybridized carbons (Fsp3) is 0.300. The van der Waals surface area contributed by atoms with E-state index in [4.69, 9.17) is 0 Å². The van der Waals surface area contributed by atoms with Crippen LogP contribution in [0.4, 0.5) is 5.69 Å². The lowest BCUT2D eigenvalue weighted by molar-refractivity contribution is 0.186. The summed E-state index contributed by atoms with van der Waals surface area (Å²) in [5.41, 5.74) is 1.89. The van der Waals surface area contributed by atoms with Gasteiger partial charge in [-0.15, -0.1) is 4.73 Å². The molecule has 0 amide bonds. The highest BCUT2D eigenvalue weighted by Gasteiger charge is 2.20. The molecule has 1 saturated heterocycles. The van der Waals surface area contributed by atoms with E-state index < -0.39 is 5.56 Å². The first-order chi connectivity index (χ1) is 12.7. The second-order valence-corrected chi connectivity index (χ2v) is 6.76. The molecule has 0 bridgehead atoms. The quantitative estimate of drug-likeness (QED) is 0.708. The normalized spacial score (nSPS) is 16.0. The Morgan fingerprint density at radius 3 is 2.65 bits per heavy atom. The van der Waals surface area contributed by atoms with E-state index in [-0.39, 0.29) is 5.65 Å². The van der Waals surface area contributed by atoms with Gasteiger partial charge >= 0.3 is 0 Å². The summed E-state index contributed by atoms with van der Waals surface area (Å²) < 4.78 is 0.600. The van der Waals surface area contributed by atoms with E-state index in [1.807, 2.05) is 12.1 Å². The van der Waals surface area contributed by atoms with Crippen LogP contribution in [0.5, 0.6) is 0 Å². The molecule has 3 heterocycles. The maximum absolute atomic E-state index is 12.0. The van der Waals surface area contributed by atoms with Gasteiger partial charge in [0, 0.05) is 43.3 Å². The van der Waals surface area contributed by atoms with Gasteiger partial charge in [-0.2, -0.15) is 0 Å². The molecule has 1 aliphatic rings. The maximum atomic E-state index is 12.0. The topological polar surface area (TPSA) is 70.4 Å². The van der Waals surface area contributed by atoms with Gasteiger partial charge in [0.15, 0.2) is 5.65 Å². The SMILES string of the molecule is O=c1cc(NC2CCN(Cc3ccccc3)CC2)c2cccnc2n1O. The molecule has 0 saturated carbocycles. The summed E-state index contributed by atoms with van der Waals surface area (Å²) in [4.78, 5) is 18.6. The first-order valence-electron chi connectivity index (χ1n) is 8.93. The van der Waals surface area contributed by atoms with Crippen molar-refractivity contribution in [1.82, 2.24) is 14.6 Å². The summed E-state index contributed by atoms with van der Waals surface area (Å²) in [6.07, 6.45) is 3.59. The van der Waals surface area contributed by atoms with Crippen molar-refractivity contribution in [3.8, 4) is 0 Å². The van der Waals surface area contributed by atoms with Crippen molar-refractivity contribution in [1.29, 1.82) is 0 Å². The molecule has 26 heavy (non-hydrogen) atoms. The fourth-order valence-electron chi connectivity index (χ4n) is 3.56. The average molecular weight is 350 g/mol. The van der Waals surface area contributed by atoms with Gasteiger partial charge in [-0.1, -0.05) is 30.3 Å². The van der Waals surface area contributed by atoms with Crippen molar-refractivity contribution in [3.63, 3.8) is 0 Å². The highest BCUT2D eigenvalue weighted by atomic mass is 16.5. The van der Waals surface area contributed by atoms with E-state index in [2.05, 4.69) is 39.5 Å². The molecule has 6 nitrogen and oxygen atoms in total. The number of hydrogen-bond donors (Lipinski definition) is 2. The van der Waals surface area contributed by atoms with Crippen molar-refractivity contribution in [2.24, 2.45) is 0 Å². The lowest BCUT2D eigenvalue weighted by atomic mass is 10.0. The van der Waals surface area contributed by atoms with Crippen molar-refractivity contribution in [3.05, 3.63) is 70.6 Å². The Balaban J connectivity index is 1.44. The van der Waals surface area contributed by atoms with Gasteiger partial charge in [0.25, 0.3) is 5.56 Å². The van der Waals surface area contributed by atoms with Crippen LogP contribution in [0.15, 0.2) is 59.5 Å². The second kappa shape index (κ2) is 7.17. The van der Waals surface area contributed by atoms with Crippen LogP contribution < -0.4 is 10.9 Å². The Morgan fingerprint density at radius 1 is 1.12 bits per heavy atom. The predicted molar refractivity (Wildman–Crippen MR) is 102 cm³/mol. The van der Waals surface area contributed by atoms with Crippen LogP contribution in [0.2, 0.25) is 0 Å². The Kier molecular flexibility index (Phi) is 4.58. The number of rotatable bonds is 4. The van der Waals surface area contributed by atoms with Crippen molar-refractivity contribution in [2.75, 3.05) is 18.4 Å². The van der Waals surface area contributed by atoms with E-state index >= 15 is 0 Å². The third kappa shape index (κ3) is 3.41. The lowest BCUT2D eigenvalue weighted by Gasteiger charge is -2.33. The van der Waals surface area contributed by atoms with Gasteiger partial charge in [0.2, 0.25) is 0 Å². The fourth-order valence-corrected chi connectivity index (χ4v) is 3.56. The summed E-state index contributed by atoms with van der Waals surface area (Å²) in [7, 11) is 0. The Morgan fingerprint density at radius 2 is 1.88 bits per heavy atom. The third-order valence-corrected chi connectivity index (χ3v) is 4.95. The van der Waals surface area contributed by atoms with E-state index in [9.17, 15) is 10.0 Å². The number of piperidine rings is 1. The standard InChI is InChI=1S/C20H22N4O2/c25-19-13-18(17-7-4-10-21-20(17)24(19)26)22-16-8-11-23(12-9-16)14-15-5-2-1-3-6-15/h1-7,10,13,16,22,26H,8-9,11-12,14H2. The van der Waals surface area contributed by atoms with Gasteiger partial charge in [-0.05, 0) is 30.5 Å². The average Bonchev–Trinajstić information content (AvgIpc) is 2.68. The van der Waals surface area contributed by atoms with Gasteiger partial charge in [-0.3, -0.25) is 9.69 Å². The number of nitrogens with zero attached hydrogens (tertiary/aromatic N) is 3. The Labute approximate surface area is 151 Å². The molecule has 0 radical (unpaired) electrons. The Bertz CT molecular complexity index is 947. The number of fused-ring (bicyclic) bond motifs is 1. The number of aromatic nitrogens is 2. The number of benzene rings is 1. The van der Waals surface area contributed by atoms with Gasteiger partial charge < -0.3 is 10.5 Å². The molecule has 2 N–H and O–H groups in total. The highest BCUT2D eigenvalue weighted by Crippen LogP contribution is 2.23. The number of hydrogen-bond acceptors (Lipinski definition) is 5. The maximum Gasteiger partial charge on any atom is 0.286 e. The van der Waals surface area contributed by atoms with E-state index in [0.29, 0.717) is 10.8 Å². The summed E-state index contributed by atoms with van der Waals surface area (Å²) in [5, 5.41) is 14.1. The molecule has 1 aliphatic heterocycles. The smallest absolute Gasteiger partial charge is 0.286 e. The molecule has 1 aromatic carbocycles. The second-order valence-electron chi connectivity index (χ2n) is 6.76. The van der Waals surface area contributed by atoms with Crippen LogP contribution in [0, 0.1) is 0 Å². The molecule has 0 spiro atoms. The molecular weight excluding hydrogens is 328 g/mol. The lowest BCUT2D eigenvalue weighted by Crippen LogP contribution is -2.38. The number of nitrogens with one attached hydrogen (secondary N) is 1. The van der Waals surface area contributed by atoms with E-state index in [1.165, 1.54) is 11.6 Å². The summed E-state index contributed by atoms with van der Waals surface area (Å²) in [6, 6.07) is 15.9. The number of pyridine rings is 2. The highest BCUT2D eigenvalue weighted by molar-refractivity contribution is 5.88. The molecule has 0 unspecified atom stereocenters. The van der Waals surface area contributed by atoms with Crippen molar-refractivity contribution < 1.29 is 5.21 Å². The monoisotopic (exact) mass is 350 g/mol. The van der Waals surface area contributed by atoms with Crippen molar-refractivity contribution >= 4 is 16.7 Å². The molecule has 0 atom stereocenters. The minimum Gasteiger partial charge on any atom is -0.423 e. The molecule has 134 valence electrons. The summed E-state index contributed by atoms with van der Waals surface area (Å²) >= 11 is 0. The first kappa shape index (κ1) is 16.6. The third-order valence-electron chi connectivity index (χ3n) is 4.95. The largest absolute Gasteiger partial charge is 0.423 e. The molecule has 3 aromatic rings. The van der Waals surface area contributed by atoms with Crippen LogP contribution in [0.1, 0.15) is 18.4 Å². The van der Waals surface area contributed by atoms with E-state index in [0.717, 1.165) is 43.5 Å². The van der Waals surface area contributed by atoms with Gasteiger partial charge in [-0.25, -0.2) is 4.98 Å². The van der Waals surface area contributed by atoms with Gasteiger partial charge in [0.05, 0.1) is 5.69 Å². The minimum absolute atomic E-state index is 0.281. The molecular formula is C20H22N4O2. The predicted octanol–water partition coefficient (Wildman–Crippen LogP) is 2.71. The minimum atomic E-state index is -0.472. The molecule has 2 aromatic heterocycles. The summed E-state index contributed by atoms with van der Waals surface area (Å²) in [5.74, 6) is 0. The van der Waals surface area contributed by atoms with Crippen LogP contribution >= 0.6 is 0 Å². The summed E-state index contributed by atoms with van der Waals surface area (Å²) in [6.45, 7) is 3.00. The molecule has 1 fully saturated rings. The van der Waals surface area contributed by atoms with Crippen molar-refractivity contribution in [2.45, 2.75) is 25.4 Å². The number of likely N-dealkylation sites (tertiary alicyclic amines) is 1. The van der Waals surface area contributed by atoms with Crippen LogP contribution in [0.3, 0.4) is 0 Å². The molecule has 6 heteroatoms. The first-order valence-corrected chi connectivity index (χ1v) is 8.93. The Hall–Kier alpha value is -2.86. The number of anilines is 1. The van der Waals surface area contributed by atoms with Crippen LogP contribution in [-0.4, -0.2) is 39.0 Å². The van der Waals surface area contributed by atoms with Crippen LogP contribution in [-0.2, 0) is 6.54 Å².